The van der Waals surface area contributed by atoms with Gasteiger partial charge in [0.15, 0.2) is 0 Å². The maximum absolute atomic E-state index is 12.6. The van der Waals surface area contributed by atoms with Crippen molar-refractivity contribution in [2.45, 2.75) is 25.3 Å². The van der Waals surface area contributed by atoms with Gasteiger partial charge in [0.25, 0.3) is 0 Å². The van der Waals surface area contributed by atoms with Crippen LogP contribution in [0.5, 0.6) is 0 Å². The average molecular weight is 331 g/mol. The van der Waals surface area contributed by atoms with Crippen molar-refractivity contribution in [2.75, 3.05) is 44.2 Å². The minimum Gasteiger partial charge on any atom is -0.368 e. The number of piperidine rings is 1. The number of nitrogens with two attached hydrogens (primary N) is 1. The molecule has 24 heavy (non-hydrogen) atoms. The summed E-state index contributed by atoms with van der Waals surface area (Å²) in [6.45, 7) is 4.34. The molecule has 0 radical (unpaired) electrons. The fourth-order valence-electron chi connectivity index (χ4n) is 3.48. The Bertz CT molecular complexity index is 572. The highest BCUT2D eigenvalue weighted by Crippen LogP contribution is 2.18. The lowest BCUT2D eigenvalue weighted by molar-refractivity contribution is -0.142. The Hall–Kier alpha value is -2.15. The molecular formula is C17H25N5O2. The fraction of sp³-hybridized carbons (Fsp3) is 0.588. The van der Waals surface area contributed by atoms with Gasteiger partial charge in [-0.25, -0.2) is 4.98 Å². The molecule has 3 heterocycles. The normalized spacial score (nSPS) is 22.4. The standard InChI is InChI=1S/C17H25N5O2/c18-17(24)14-5-2-4-8-22(14)16(23)13-20-9-11-21(12-10-20)15-6-1-3-7-19-15/h1,3,6-7,14H,2,4-5,8-13H2,(H2,18,24)/t14-/m1/s1. The zero-order valence-corrected chi connectivity index (χ0v) is 13.9. The van der Waals surface area contributed by atoms with E-state index in [1.54, 1.807) is 11.1 Å². The van der Waals surface area contributed by atoms with Gasteiger partial charge in [0.1, 0.15) is 11.9 Å². The number of primary amides is 1. The second-order valence-corrected chi connectivity index (χ2v) is 6.45. The summed E-state index contributed by atoms with van der Waals surface area (Å²) in [5, 5.41) is 0. The molecule has 2 amide bonds. The molecule has 7 nitrogen and oxygen atoms in total. The highest BCUT2D eigenvalue weighted by Gasteiger charge is 2.31. The van der Waals surface area contributed by atoms with Crippen LogP contribution < -0.4 is 10.6 Å². The summed E-state index contributed by atoms with van der Waals surface area (Å²) in [4.78, 5) is 34.6. The third-order valence-corrected chi connectivity index (χ3v) is 4.86. The lowest BCUT2D eigenvalue weighted by Gasteiger charge is -2.38. The van der Waals surface area contributed by atoms with Gasteiger partial charge in [-0.3, -0.25) is 14.5 Å². The number of aromatic nitrogens is 1. The highest BCUT2D eigenvalue weighted by atomic mass is 16.2. The van der Waals surface area contributed by atoms with E-state index in [4.69, 9.17) is 5.73 Å². The van der Waals surface area contributed by atoms with Crippen LogP contribution in [0.2, 0.25) is 0 Å². The van der Waals surface area contributed by atoms with E-state index in [2.05, 4.69) is 14.8 Å². The largest absolute Gasteiger partial charge is 0.368 e. The summed E-state index contributed by atoms with van der Waals surface area (Å²) >= 11 is 0. The summed E-state index contributed by atoms with van der Waals surface area (Å²) in [6, 6.07) is 5.47. The van der Waals surface area contributed by atoms with Crippen molar-refractivity contribution in [1.29, 1.82) is 0 Å². The summed E-state index contributed by atoms with van der Waals surface area (Å²) in [5.41, 5.74) is 5.45. The van der Waals surface area contributed by atoms with E-state index in [0.717, 1.165) is 44.8 Å². The molecule has 2 aliphatic rings. The third-order valence-electron chi connectivity index (χ3n) is 4.86. The van der Waals surface area contributed by atoms with E-state index in [1.165, 1.54) is 0 Å². The van der Waals surface area contributed by atoms with Crippen molar-refractivity contribution in [3.05, 3.63) is 24.4 Å². The summed E-state index contributed by atoms with van der Waals surface area (Å²) < 4.78 is 0. The Kier molecular flexibility index (Phi) is 5.30. The minimum atomic E-state index is -0.430. The lowest BCUT2D eigenvalue weighted by Crippen LogP contribution is -2.55. The molecule has 2 N–H and O–H groups in total. The minimum absolute atomic E-state index is 0.0183. The molecule has 0 saturated carbocycles. The molecule has 0 spiro atoms. The quantitative estimate of drug-likeness (QED) is 0.844. The van der Waals surface area contributed by atoms with Gasteiger partial charge < -0.3 is 15.5 Å². The van der Waals surface area contributed by atoms with Crippen LogP contribution in [-0.4, -0.2) is 71.9 Å². The van der Waals surface area contributed by atoms with Crippen LogP contribution in [0.1, 0.15) is 19.3 Å². The van der Waals surface area contributed by atoms with Crippen LogP contribution in [0.3, 0.4) is 0 Å². The van der Waals surface area contributed by atoms with E-state index in [9.17, 15) is 9.59 Å². The van der Waals surface area contributed by atoms with E-state index in [1.807, 2.05) is 18.2 Å². The van der Waals surface area contributed by atoms with Gasteiger partial charge in [-0.1, -0.05) is 6.07 Å². The Balaban J connectivity index is 1.52. The molecule has 2 fully saturated rings. The number of amides is 2. The molecule has 3 rings (SSSR count). The van der Waals surface area contributed by atoms with Gasteiger partial charge in [-0.15, -0.1) is 0 Å². The number of carbonyl (C=O) groups is 2. The van der Waals surface area contributed by atoms with Crippen LogP contribution in [0, 0.1) is 0 Å². The number of hydrogen-bond acceptors (Lipinski definition) is 5. The maximum Gasteiger partial charge on any atom is 0.240 e. The Labute approximate surface area is 142 Å². The molecule has 0 aliphatic carbocycles. The molecular weight excluding hydrogens is 306 g/mol. The van der Waals surface area contributed by atoms with E-state index < -0.39 is 6.04 Å². The zero-order chi connectivity index (χ0) is 16.9. The second kappa shape index (κ2) is 7.61. The predicted molar refractivity (Wildman–Crippen MR) is 91.4 cm³/mol. The SMILES string of the molecule is NC(=O)[C@H]1CCCCN1C(=O)CN1CCN(c2ccccn2)CC1. The molecule has 1 aromatic rings. The van der Waals surface area contributed by atoms with Crippen molar-refractivity contribution in [1.82, 2.24) is 14.8 Å². The van der Waals surface area contributed by atoms with Gasteiger partial charge >= 0.3 is 0 Å². The van der Waals surface area contributed by atoms with E-state index in [0.29, 0.717) is 19.5 Å². The first kappa shape index (κ1) is 16.7. The van der Waals surface area contributed by atoms with Gasteiger partial charge in [0, 0.05) is 38.9 Å². The lowest BCUT2D eigenvalue weighted by atomic mass is 10.0. The molecule has 7 heteroatoms. The van der Waals surface area contributed by atoms with Crippen molar-refractivity contribution in [2.24, 2.45) is 5.73 Å². The van der Waals surface area contributed by atoms with Crippen LogP contribution >= 0.6 is 0 Å². The zero-order valence-electron chi connectivity index (χ0n) is 13.9. The Morgan fingerprint density at radius 1 is 1.12 bits per heavy atom. The molecule has 0 unspecified atom stereocenters. The number of anilines is 1. The van der Waals surface area contributed by atoms with Gasteiger partial charge in [-0.2, -0.15) is 0 Å². The summed E-state index contributed by atoms with van der Waals surface area (Å²) in [6.07, 6.45) is 4.39. The van der Waals surface area contributed by atoms with Crippen LogP contribution in [-0.2, 0) is 9.59 Å². The first-order chi connectivity index (χ1) is 11.6. The smallest absolute Gasteiger partial charge is 0.240 e. The third kappa shape index (κ3) is 3.84. The van der Waals surface area contributed by atoms with Crippen molar-refractivity contribution in [3.63, 3.8) is 0 Å². The van der Waals surface area contributed by atoms with Crippen molar-refractivity contribution in [3.8, 4) is 0 Å². The Morgan fingerprint density at radius 2 is 1.92 bits per heavy atom. The van der Waals surface area contributed by atoms with Crippen LogP contribution in [0.25, 0.3) is 0 Å². The topological polar surface area (TPSA) is 82.8 Å². The summed E-state index contributed by atoms with van der Waals surface area (Å²) in [5.74, 6) is 0.612. The summed E-state index contributed by atoms with van der Waals surface area (Å²) in [7, 11) is 0. The number of nitrogens with zero attached hydrogens (tertiary/aromatic N) is 4. The van der Waals surface area contributed by atoms with Crippen molar-refractivity contribution < 1.29 is 9.59 Å². The average Bonchev–Trinajstić information content (AvgIpc) is 2.63. The molecule has 0 bridgehead atoms. The van der Waals surface area contributed by atoms with Crippen molar-refractivity contribution >= 4 is 17.6 Å². The Morgan fingerprint density at radius 3 is 2.58 bits per heavy atom. The number of rotatable bonds is 4. The maximum atomic E-state index is 12.6. The van der Waals surface area contributed by atoms with Crippen LogP contribution in [0.4, 0.5) is 5.82 Å². The van der Waals surface area contributed by atoms with E-state index >= 15 is 0 Å². The molecule has 1 atom stereocenters. The van der Waals surface area contributed by atoms with Crippen LogP contribution in [0.15, 0.2) is 24.4 Å². The monoisotopic (exact) mass is 331 g/mol. The predicted octanol–water partition coefficient (Wildman–Crippen LogP) is 0.0700. The fourth-order valence-corrected chi connectivity index (χ4v) is 3.48. The molecule has 1 aromatic heterocycles. The first-order valence-electron chi connectivity index (χ1n) is 8.62. The molecule has 2 saturated heterocycles. The number of likely N-dealkylation sites (tertiary alicyclic amines) is 1. The number of carbonyl (C=O) groups excluding carboxylic acids is 2. The molecule has 0 aromatic carbocycles. The molecule has 130 valence electrons. The highest BCUT2D eigenvalue weighted by molar-refractivity contribution is 5.87. The second-order valence-electron chi connectivity index (χ2n) is 6.45. The van der Waals surface area contributed by atoms with E-state index in [-0.39, 0.29) is 11.8 Å². The van der Waals surface area contributed by atoms with Gasteiger partial charge in [0.05, 0.1) is 6.54 Å². The number of pyridine rings is 1. The van der Waals surface area contributed by atoms with Gasteiger partial charge in [0.2, 0.25) is 11.8 Å². The van der Waals surface area contributed by atoms with Gasteiger partial charge in [-0.05, 0) is 31.4 Å². The number of piperazine rings is 1. The molecule has 2 aliphatic heterocycles. The number of hydrogen-bond donors (Lipinski definition) is 1. The first-order valence-corrected chi connectivity index (χ1v) is 8.62.